The van der Waals surface area contributed by atoms with Crippen LogP contribution in [0.3, 0.4) is 0 Å². The topological polar surface area (TPSA) is 169 Å². The molecule has 306 valence electrons. The van der Waals surface area contributed by atoms with Crippen LogP contribution in [0.1, 0.15) is 91.1 Å². The van der Waals surface area contributed by atoms with E-state index in [9.17, 15) is 24.4 Å². The largest absolute Gasteiger partial charge is 0.493 e. The second-order valence-electron chi connectivity index (χ2n) is 15.6. The summed E-state index contributed by atoms with van der Waals surface area (Å²) in [5.41, 5.74) is 5.53. The van der Waals surface area contributed by atoms with Crippen LogP contribution in [-0.4, -0.2) is 85.2 Å². The number of nitrogens with one attached hydrogen (secondary N) is 2. The van der Waals surface area contributed by atoms with Crippen molar-refractivity contribution >= 4 is 23.8 Å². The summed E-state index contributed by atoms with van der Waals surface area (Å²) in [5.74, 6) is 0.506. The fourth-order valence-corrected chi connectivity index (χ4v) is 9.39. The second kappa shape index (κ2) is 16.7. The summed E-state index contributed by atoms with van der Waals surface area (Å²) in [6, 6.07) is 11.0. The first-order valence-electron chi connectivity index (χ1n) is 19.9. The molecule has 7 rings (SSSR count). The van der Waals surface area contributed by atoms with Crippen LogP contribution < -0.4 is 34.3 Å². The molecule has 58 heavy (non-hydrogen) atoms. The second-order valence-corrected chi connectivity index (χ2v) is 15.6. The number of hydrogen-bond acceptors (Lipinski definition) is 12. The van der Waals surface area contributed by atoms with Crippen molar-refractivity contribution in [3.05, 3.63) is 75.3 Å². The van der Waals surface area contributed by atoms with E-state index in [1.54, 1.807) is 14.0 Å². The van der Waals surface area contributed by atoms with Crippen LogP contribution in [0.15, 0.2) is 36.4 Å². The first kappa shape index (κ1) is 40.5. The lowest BCUT2D eigenvalue weighted by Crippen LogP contribution is -2.69. The van der Waals surface area contributed by atoms with Crippen molar-refractivity contribution in [3.8, 4) is 34.8 Å². The molecule has 2 unspecified atom stereocenters. The zero-order valence-electron chi connectivity index (χ0n) is 34.1. The fourth-order valence-electron chi connectivity index (χ4n) is 9.39. The molecule has 2 amide bonds. The first-order chi connectivity index (χ1) is 27.9. The van der Waals surface area contributed by atoms with Crippen LogP contribution in [0, 0.1) is 25.2 Å². The molecule has 2 bridgehead atoms. The number of rotatable bonds is 12. The van der Waals surface area contributed by atoms with Gasteiger partial charge in [-0.05, 0) is 70.2 Å². The highest BCUT2D eigenvalue weighted by molar-refractivity contribution is 5.87. The van der Waals surface area contributed by atoms with Gasteiger partial charge in [0.25, 0.3) is 0 Å². The van der Waals surface area contributed by atoms with Gasteiger partial charge in [-0.2, -0.15) is 5.26 Å². The van der Waals surface area contributed by atoms with E-state index >= 15 is 0 Å². The molecule has 0 saturated carbocycles. The van der Waals surface area contributed by atoms with Crippen molar-refractivity contribution < 1.29 is 42.9 Å². The van der Waals surface area contributed by atoms with E-state index in [0.717, 1.165) is 22.3 Å². The van der Waals surface area contributed by atoms with E-state index in [4.69, 9.17) is 23.7 Å². The summed E-state index contributed by atoms with van der Waals surface area (Å²) in [7, 11) is 3.54. The highest BCUT2D eigenvalue weighted by Crippen LogP contribution is 2.58. The van der Waals surface area contributed by atoms with E-state index in [1.165, 1.54) is 6.92 Å². The number of likely N-dealkylation sites (N-methyl/N-ethyl adjacent to an activating group) is 1. The van der Waals surface area contributed by atoms with Crippen molar-refractivity contribution in [2.24, 2.45) is 0 Å². The monoisotopic (exact) mass is 793 g/mol. The minimum absolute atomic E-state index is 0.0225. The zero-order valence-corrected chi connectivity index (χ0v) is 34.1. The summed E-state index contributed by atoms with van der Waals surface area (Å²) in [6.07, 6.45) is 2.38. The quantitative estimate of drug-likeness (QED) is 0.192. The van der Waals surface area contributed by atoms with Gasteiger partial charge in [0.1, 0.15) is 17.8 Å². The lowest BCUT2D eigenvalue weighted by atomic mass is 9.71. The summed E-state index contributed by atoms with van der Waals surface area (Å²) in [6.45, 7) is 8.58. The molecular formula is C44H51N5O9. The van der Waals surface area contributed by atoms with Crippen molar-refractivity contribution in [1.29, 1.82) is 5.26 Å². The molecule has 2 N–H and O–H groups in total. The Bertz CT molecular complexity index is 2170. The Labute approximate surface area is 338 Å². The van der Waals surface area contributed by atoms with Crippen LogP contribution >= 0.6 is 0 Å². The summed E-state index contributed by atoms with van der Waals surface area (Å²) >= 11 is 0. The third-order valence-corrected chi connectivity index (χ3v) is 11.9. The molecule has 0 radical (unpaired) electrons. The Balaban J connectivity index is 1.31. The van der Waals surface area contributed by atoms with E-state index < -0.39 is 42.1 Å². The first-order valence-corrected chi connectivity index (χ1v) is 19.9. The number of piperazine rings is 1. The highest BCUT2D eigenvalue weighted by Gasteiger charge is 2.57. The van der Waals surface area contributed by atoms with E-state index in [1.807, 2.05) is 58.2 Å². The number of nitriles is 1. The molecule has 3 aromatic rings. The standard InChI is InChI=1S/C44H51N5O9/c1-8-12-35(52)58-43-36-28(17-23(2)39(43)54-7)18-30-32(20-45)49-31(38(36)48(30)6)19-29-37(42-41(55-22-56-42)24(3)40(29)57-26(5)50)33(49)21-46-44(53)25(4)47-34(51)16-15-27-13-10-9-11-14-27/h9-11,13-14,17,25,30-33,38H,8,12,15-16,18-19,21-22H2,1-7H3,(H,46,53)(H,47,51)/t25?,30-,31?,32+,33+,38+/m1/s1. The molecular weight excluding hydrogens is 743 g/mol. The number of aryl methyl sites for hydroxylation is 2. The van der Waals surface area contributed by atoms with Crippen molar-refractivity contribution in [3.63, 3.8) is 0 Å². The summed E-state index contributed by atoms with van der Waals surface area (Å²) < 4.78 is 30.2. The van der Waals surface area contributed by atoms with Crippen LogP contribution in [0.25, 0.3) is 0 Å². The molecule has 1 fully saturated rings. The normalized spacial score (nSPS) is 22.0. The Kier molecular flexibility index (Phi) is 11.7. The Morgan fingerprint density at radius 2 is 1.72 bits per heavy atom. The molecule has 14 nitrogen and oxygen atoms in total. The average Bonchev–Trinajstić information content (AvgIpc) is 3.69. The van der Waals surface area contributed by atoms with Crippen molar-refractivity contribution in [1.82, 2.24) is 20.4 Å². The third kappa shape index (κ3) is 7.33. The number of carbonyl (C=O) groups is 4. The van der Waals surface area contributed by atoms with Gasteiger partial charge in [0, 0.05) is 60.6 Å². The number of carbonyl (C=O) groups excluding carboxylic acids is 4. The van der Waals surface area contributed by atoms with E-state index in [-0.39, 0.29) is 44.1 Å². The van der Waals surface area contributed by atoms with Crippen LogP contribution in [0.5, 0.6) is 28.7 Å². The summed E-state index contributed by atoms with van der Waals surface area (Å²) in [4.78, 5) is 57.0. The highest BCUT2D eigenvalue weighted by atomic mass is 16.7. The molecule has 4 heterocycles. The summed E-state index contributed by atoms with van der Waals surface area (Å²) in [5, 5.41) is 17.0. The maximum Gasteiger partial charge on any atom is 0.311 e. The van der Waals surface area contributed by atoms with Crippen LogP contribution in [0.4, 0.5) is 0 Å². The van der Waals surface area contributed by atoms with Gasteiger partial charge < -0.3 is 34.3 Å². The lowest BCUT2D eigenvalue weighted by molar-refractivity contribution is -0.135. The van der Waals surface area contributed by atoms with Crippen LogP contribution in [-0.2, 0) is 38.4 Å². The minimum Gasteiger partial charge on any atom is -0.493 e. The van der Waals surface area contributed by atoms with Gasteiger partial charge in [0.15, 0.2) is 23.0 Å². The van der Waals surface area contributed by atoms with Crippen LogP contribution in [0.2, 0.25) is 0 Å². The predicted octanol–water partition coefficient (Wildman–Crippen LogP) is 4.70. The smallest absolute Gasteiger partial charge is 0.311 e. The predicted molar refractivity (Wildman–Crippen MR) is 212 cm³/mol. The number of hydrogen-bond donors (Lipinski definition) is 2. The number of benzene rings is 3. The fraction of sp³-hybridized carbons (Fsp3) is 0.477. The third-order valence-electron chi connectivity index (χ3n) is 11.9. The average molecular weight is 794 g/mol. The van der Waals surface area contributed by atoms with Crippen molar-refractivity contribution in [2.45, 2.75) is 109 Å². The Morgan fingerprint density at radius 3 is 2.41 bits per heavy atom. The number of amides is 2. The SMILES string of the molecule is CCCC(=O)Oc1c(OC)c(C)cc2c1[C@@H]1C3Cc4c(OC(C)=O)c(C)c5c(c4[C@H](CNC(=O)C(C)NC(=O)CCc4ccccc4)N3[C@@H](C#N)[C@@H](C2)N1C)OCO5. The minimum atomic E-state index is -0.858. The Hall–Kier alpha value is -5.65. The molecule has 0 aliphatic carbocycles. The molecule has 0 spiro atoms. The molecule has 6 atom stereocenters. The van der Waals surface area contributed by atoms with Gasteiger partial charge >= 0.3 is 11.9 Å². The maximum atomic E-state index is 13.8. The zero-order chi connectivity index (χ0) is 41.4. The van der Waals surface area contributed by atoms with Gasteiger partial charge in [0.2, 0.25) is 18.6 Å². The van der Waals surface area contributed by atoms with Crippen molar-refractivity contribution in [2.75, 3.05) is 27.5 Å². The molecule has 14 heteroatoms. The number of fused-ring (bicyclic) bond motifs is 9. The molecule has 0 aromatic heterocycles. The van der Waals surface area contributed by atoms with Gasteiger partial charge in [-0.1, -0.05) is 43.3 Å². The molecule has 4 aliphatic heterocycles. The number of nitrogens with zero attached hydrogens (tertiary/aromatic N) is 3. The molecule has 1 saturated heterocycles. The number of ether oxygens (including phenoxy) is 5. The maximum absolute atomic E-state index is 13.8. The number of methoxy groups -OCH3 is 1. The lowest BCUT2D eigenvalue weighted by Gasteiger charge is -2.60. The van der Waals surface area contributed by atoms with E-state index in [2.05, 4.69) is 32.6 Å². The molecule has 3 aromatic carbocycles. The molecule has 4 aliphatic rings. The van der Waals surface area contributed by atoms with E-state index in [0.29, 0.717) is 71.1 Å². The Morgan fingerprint density at radius 1 is 0.983 bits per heavy atom. The number of esters is 2. The van der Waals surface area contributed by atoms with Gasteiger partial charge in [-0.3, -0.25) is 29.0 Å². The van der Waals surface area contributed by atoms with Gasteiger partial charge in [-0.25, -0.2) is 0 Å². The van der Waals surface area contributed by atoms with Gasteiger partial charge in [-0.15, -0.1) is 0 Å². The van der Waals surface area contributed by atoms with Gasteiger partial charge in [0.05, 0.1) is 25.3 Å².